The van der Waals surface area contributed by atoms with E-state index in [1.807, 2.05) is 31.2 Å². The highest BCUT2D eigenvalue weighted by atomic mass is 32.1. The molecule has 0 unspecified atom stereocenters. The number of thiocarbonyl (C=S) groups is 1. The van der Waals surface area contributed by atoms with Gasteiger partial charge in [0.2, 0.25) is 0 Å². The smallest absolute Gasteiger partial charge is 0.184 e. The van der Waals surface area contributed by atoms with Crippen molar-refractivity contribution in [1.29, 1.82) is 0 Å². The van der Waals surface area contributed by atoms with Gasteiger partial charge in [0, 0.05) is 0 Å². The first-order valence-corrected chi connectivity index (χ1v) is 5.12. The van der Waals surface area contributed by atoms with E-state index in [4.69, 9.17) is 5.73 Å². The zero-order chi connectivity index (χ0) is 11.5. The second kappa shape index (κ2) is 4.28. The lowest BCUT2D eigenvalue weighted by molar-refractivity contribution is 1.02. The second-order valence-electron chi connectivity index (χ2n) is 3.28. The van der Waals surface area contributed by atoms with Gasteiger partial charge in [-0.2, -0.15) is 5.10 Å². The third kappa shape index (κ3) is 2.17. The summed E-state index contributed by atoms with van der Waals surface area (Å²) in [5.41, 5.74) is 10.4. The number of H-pyrrole nitrogens is 1. The first kappa shape index (κ1) is 10.6. The molecule has 16 heavy (non-hydrogen) atoms. The zero-order valence-corrected chi connectivity index (χ0v) is 9.51. The van der Waals surface area contributed by atoms with Gasteiger partial charge in [0.05, 0.1) is 11.0 Å². The van der Waals surface area contributed by atoms with Crippen LogP contribution >= 0.6 is 12.2 Å². The molecule has 1 aromatic carbocycles. The normalized spacial score (nSPS) is 11.7. The largest absolute Gasteiger partial charge is 0.375 e. The van der Waals surface area contributed by atoms with Gasteiger partial charge in [0.1, 0.15) is 5.71 Å². The minimum absolute atomic E-state index is 0.135. The van der Waals surface area contributed by atoms with Gasteiger partial charge in [0.15, 0.2) is 10.9 Å². The number of nitrogens with zero attached hydrogens (tertiary/aromatic N) is 2. The van der Waals surface area contributed by atoms with Gasteiger partial charge in [-0.05, 0) is 31.3 Å². The van der Waals surface area contributed by atoms with Crippen molar-refractivity contribution in [3.8, 4) is 0 Å². The number of aromatic nitrogens is 2. The summed E-state index contributed by atoms with van der Waals surface area (Å²) in [5.74, 6) is 0.699. The Hall–Kier alpha value is -1.95. The van der Waals surface area contributed by atoms with Crippen molar-refractivity contribution in [3.05, 3.63) is 30.1 Å². The van der Waals surface area contributed by atoms with Gasteiger partial charge in [-0.25, -0.2) is 4.98 Å². The number of nitrogens with one attached hydrogen (secondary N) is 2. The van der Waals surface area contributed by atoms with Crippen molar-refractivity contribution in [1.82, 2.24) is 15.4 Å². The summed E-state index contributed by atoms with van der Waals surface area (Å²) in [6.45, 7) is 1.82. The molecule has 1 heterocycles. The lowest BCUT2D eigenvalue weighted by Gasteiger charge is -1.97. The molecule has 4 N–H and O–H groups in total. The molecular weight excluding hydrogens is 222 g/mol. The summed E-state index contributed by atoms with van der Waals surface area (Å²) in [6, 6.07) is 7.78. The molecule has 6 heteroatoms. The van der Waals surface area contributed by atoms with Crippen molar-refractivity contribution >= 4 is 34.1 Å². The van der Waals surface area contributed by atoms with Crippen molar-refractivity contribution in [2.45, 2.75) is 6.92 Å². The second-order valence-corrected chi connectivity index (χ2v) is 3.72. The van der Waals surface area contributed by atoms with E-state index >= 15 is 0 Å². The van der Waals surface area contributed by atoms with Gasteiger partial charge < -0.3 is 10.7 Å². The molecule has 0 amide bonds. The lowest BCUT2D eigenvalue weighted by atomic mass is 10.3. The fraction of sp³-hybridized carbons (Fsp3) is 0.100. The molecular formula is C10H11N5S. The van der Waals surface area contributed by atoms with E-state index in [-0.39, 0.29) is 5.11 Å². The first-order valence-electron chi connectivity index (χ1n) is 4.71. The number of rotatable bonds is 2. The Balaban J connectivity index is 2.33. The number of imidazole rings is 1. The predicted molar refractivity (Wildman–Crippen MR) is 68.2 cm³/mol. The average Bonchev–Trinajstić information content (AvgIpc) is 2.69. The number of aromatic amines is 1. The number of fused-ring (bicyclic) bond motifs is 1. The molecule has 0 saturated carbocycles. The van der Waals surface area contributed by atoms with E-state index in [2.05, 4.69) is 32.7 Å². The SMILES string of the molecule is C/C(=N\NC(N)=S)c1nc2ccccc2[nH]1. The van der Waals surface area contributed by atoms with Crippen molar-refractivity contribution in [2.24, 2.45) is 10.8 Å². The van der Waals surface area contributed by atoms with Crippen molar-refractivity contribution in [2.75, 3.05) is 0 Å². The Labute approximate surface area is 97.8 Å². The maximum Gasteiger partial charge on any atom is 0.184 e. The highest BCUT2D eigenvalue weighted by Gasteiger charge is 2.04. The van der Waals surface area contributed by atoms with Crippen LogP contribution in [-0.4, -0.2) is 20.8 Å². The van der Waals surface area contributed by atoms with E-state index in [0.29, 0.717) is 11.5 Å². The zero-order valence-electron chi connectivity index (χ0n) is 8.69. The Morgan fingerprint density at radius 3 is 2.94 bits per heavy atom. The molecule has 1 aromatic heterocycles. The van der Waals surface area contributed by atoms with E-state index in [9.17, 15) is 0 Å². The van der Waals surface area contributed by atoms with Crippen LogP contribution in [0.5, 0.6) is 0 Å². The number of para-hydroxylation sites is 2. The number of hydrazone groups is 1. The molecule has 0 aliphatic carbocycles. The van der Waals surface area contributed by atoms with Crippen LogP contribution in [0.4, 0.5) is 0 Å². The van der Waals surface area contributed by atoms with Gasteiger partial charge in [-0.1, -0.05) is 12.1 Å². The highest BCUT2D eigenvalue weighted by Crippen LogP contribution is 2.10. The van der Waals surface area contributed by atoms with Crippen LogP contribution in [0.15, 0.2) is 29.4 Å². The molecule has 82 valence electrons. The summed E-state index contributed by atoms with van der Waals surface area (Å²) < 4.78 is 0. The van der Waals surface area contributed by atoms with Crippen LogP contribution < -0.4 is 11.2 Å². The van der Waals surface area contributed by atoms with Crippen molar-refractivity contribution < 1.29 is 0 Å². The number of hydrogen-bond acceptors (Lipinski definition) is 3. The van der Waals surface area contributed by atoms with Crippen LogP contribution in [0, 0.1) is 0 Å². The fourth-order valence-corrected chi connectivity index (χ4v) is 1.36. The average molecular weight is 233 g/mol. The minimum atomic E-state index is 0.135. The van der Waals surface area contributed by atoms with Gasteiger partial charge in [-0.15, -0.1) is 0 Å². The summed E-state index contributed by atoms with van der Waals surface area (Å²) in [7, 11) is 0. The van der Waals surface area contributed by atoms with Crippen LogP contribution in [0.1, 0.15) is 12.7 Å². The first-order chi connectivity index (χ1) is 7.66. The van der Waals surface area contributed by atoms with Crippen LogP contribution in [0.2, 0.25) is 0 Å². The highest BCUT2D eigenvalue weighted by molar-refractivity contribution is 7.80. The number of hydrogen-bond donors (Lipinski definition) is 3. The molecule has 0 spiro atoms. The monoisotopic (exact) mass is 233 g/mol. The molecule has 0 atom stereocenters. The van der Waals surface area contributed by atoms with E-state index in [0.717, 1.165) is 11.0 Å². The Morgan fingerprint density at radius 1 is 1.50 bits per heavy atom. The van der Waals surface area contributed by atoms with Gasteiger partial charge >= 0.3 is 0 Å². The Bertz CT molecular complexity index is 524. The molecule has 5 nitrogen and oxygen atoms in total. The van der Waals surface area contributed by atoms with E-state index in [1.165, 1.54) is 0 Å². The Morgan fingerprint density at radius 2 is 2.25 bits per heavy atom. The van der Waals surface area contributed by atoms with E-state index < -0.39 is 0 Å². The third-order valence-electron chi connectivity index (χ3n) is 2.07. The maximum absolute atomic E-state index is 5.28. The standard InChI is InChI=1S/C10H11N5S/c1-6(14-15-10(11)16)9-12-7-4-2-3-5-8(7)13-9/h2-5H,1H3,(H,12,13)(H3,11,15,16)/b14-6+. The van der Waals surface area contributed by atoms with Crippen molar-refractivity contribution in [3.63, 3.8) is 0 Å². The molecule has 0 fully saturated rings. The predicted octanol–water partition coefficient (Wildman–Crippen LogP) is 1.12. The van der Waals surface area contributed by atoms with Gasteiger partial charge in [-0.3, -0.25) is 5.43 Å². The minimum Gasteiger partial charge on any atom is -0.375 e. The van der Waals surface area contributed by atoms with Crippen LogP contribution in [-0.2, 0) is 0 Å². The molecule has 0 bridgehead atoms. The van der Waals surface area contributed by atoms with Crippen LogP contribution in [0.25, 0.3) is 11.0 Å². The molecule has 0 radical (unpaired) electrons. The topological polar surface area (TPSA) is 79.1 Å². The van der Waals surface area contributed by atoms with E-state index in [1.54, 1.807) is 0 Å². The molecule has 0 aliphatic heterocycles. The molecule has 2 aromatic rings. The summed E-state index contributed by atoms with van der Waals surface area (Å²) in [5, 5.41) is 4.13. The Kier molecular flexibility index (Phi) is 2.82. The molecule has 0 saturated heterocycles. The van der Waals surface area contributed by atoms with Gasteiger partial charge in [0.25, 0.3) is 0 Å². The maximum atomic E-state index is 5.28. The third-order valence-corrected chi connectivity index (χ3v) is 2.16. The molecule has 2 rings (SSSR count). The summed E-state index contributed by atoms with van der Waals surface area (Å²) in [6.07, 6.45) is 0. The van der Waals surface area contributed by atoms with Crippen LogP contribution in [0.3, 0.4) is 0 Å². The number of nitrogens with two attached hydrogens (primary N) is 1. The summed E-state index contributed by atoms with van der Waals surface area (Å²) >= 11 is 4.66. The lowest BCUT2D eigenvalue weighted by Crippen LogP contribution is -2.25. The number of benzene rings is 1. The fourth-order valence-electron chi connectivity index (χ4n) is 1.32. The summed E-state index contributed by atoms with van der Waals surface area (Å²) in [4.78, 5) is 7.53. The quantitative estimate of drug-likeness (QED) is 0.412. The molecule has 0 aliphatic rings.